The molecule has 1 aromatic heterocycles. The van der Waals surface area contributed by atoms with Crippen molar-refractivity contribution in [1.82, 2.24) is 4.98 Å². The van der Waals surface area contributed by atoms with Crippen molar-refractivity contribution >= 4 is 17.4 Å². The van der Waals surface area contributed by atoms with E-state index in [0.717, 1.165) is 31.7 Å². The van der Waals surface area contributed by atoms with E-state index in [1.54, 1.807) is 12.3 Å². The number of pyridine rings is 1. The number of nitrogens with one attached hydrogen (secondary N) is 2. The summed E-state index contributed by atoms with van der Waals surface area (Å²) < 4.78 is 5.51. The van der Waals surface area contributed by atoms with Crippen LogP contribution in [0, 0.1) is 0 Å². The molecule has 98 valence electrons. The van der Waals surface area contributed by atoms with E-state index in [2.05, 4.69) is 15.6 Å². The van der Waals surface area contributed by atoms with Gasteiger partial charge in [-0.2, -0.15) is 0 Å². The zero-order valence-electron chi connectivity index (χ0n) is 10.2. The van der Waals surface area contributed by atoms with Crippen LogP contribution in [0.4, 0.5) is 11.5 Å². The molecule has 4 N–H and O–H groups in total. The standard InChI is InChI=1S/C12H18N4O2/c13-6-12(17)16-11-4-3-9(7-15-11)14-8-10-2-1-5-18-10/h3-4,7,10,14H,1-2,5-6,8,13H2,(H,15,16,17). The van der Waals surface area contributed by atoms with Gasteiger partial charge in [0, 0.05) is 13.2 Å². The maximum Gasteiger partial charge on any atom is 0.239 e. The topological polar surface area (TPSA) is 89.3 Å². The molecule has 0 spiro atoms. The largest absolute Gasteiger partial charge is 0.381 e. The number of nitrogens with two attached hydrogens (primary N) is 1. The molecular weight excluding hydrogens is 232 g/mol. The number of hydrogen-bond acceptors (Lipinski definition) is 5. The summed E-state index contributed by atoms with van der Waals surface area (Å²) in [5.41, 5.74) is 6.11. The van der Waals surface area contributed by atoms with E-state index in [1.807, 2.05) is 6.07 Å². The van der Waals surface area contributed by atoms with E-state index in [1.165, 1.54) is 0 Å². The fourth-order valence-electron chi connectivity index (χ4n) is 1.80. The second-order valence-corrected chi connectivity index (χ2v) is 4.20. The van der Waals surface area contributed by atoms with Gasteiger partial charge in [0.05, 0.1) is 24.5 Å². The van der Waals surface area contributed by atoms with Crippen molar-refractivity contribution < 1.29 is 9.53 Å². The Bertz CT molecular complexity index is 388. The molecular formula is C12H18N4O2. The highest BCUT2D eigenvalue weighted by molar-refractivity contribution is 5.91. The summed E-state index contributed by atoms with van der Waals surface area (Å²) in [6, 6.07) is 3.61. The van der Waals surface area contributed by atoms with Gasteiger partial charge < -0.3 is 21.1 Å². The molecule has 0 saturated carbocycles. The number of carbonyl (C=O) groups is 1. The fourth-order valence-corrected chi connectivity index (χ4v) is 1.80. The minimum absolute atomic E-state index is 0.0410. The molecule has 0 aromatic carbocycles. The Kier molecular flexibility index (Phi) is 4.49. The van der Waals surface area contributed by atoms with Gasteiger partial charge in [0.25, 0.3) is 0 Å². The molecule has 1 unspecified atom stereocenters. The lowest BCUT2D eigenvalue weighted by Gasteiger charge is -2.11. The number of amides is 1. The van der Waals surface area contributed by atoms with Crippen molar-refractivity contribution in [3.05, 3.63) is 18.3 Å². The van der Waals surface area contributed by atoms with E-state index in [9.17, 15) is 4.79 Å². The van der Waals surface area contributed by atoms with Crippen LogP contribution in [0.3, 0.4) is 0 Å². The normalized spacial score (nSPS) is 18.6. The van der Waals surface area contributed by atoms with Crippen LogP contribution >= 0.6 is 0 Å². The highest BCUT2D eigenvalue weighted by atomic mass is 16.5. The minimum atomic E-state index is -0.248. The van der Waals surface area contributed by atoms with E-state index in [0.29, 0.717) is 11.9 Å². The zero-order chi connectivity index (χ0) is 12.8. The zero-order valence-corrected chi connectivity index (χ0v) is 10.2. The van der Waals surface area contributed by atoms with Gasteiger partial charge in [-0.1, -0.05) is 0 Å². The second kappa shape index (κ2) is 6.32. The number of rotatable bonds is 5. The summed E-state index contributed by atoms with van der Waals surface area (Å²) in [6.07, 6.45) is 4.21. The van der Waals surface area contributed by atoms with Crippen LogP contribution in [0.15, 0.2) is 18.3 Å². The first-order valence-electron chi connectivity index (χ1n) is 6.09. The Labute approximate surface area is 106 Å². The SMILES string of the molecule is NCC(=O)Nc1ccc(NCC2CCCO2)cn1. The molecule has 6 heteroatoms. The third-order valence-electron chi connectivity index (χ3n) is 2.77. The van der Waals surface area contributed by atoms with Crippen LogP contribution in [0.5, 0.6) is 0 Å². The van der Waals surface area contributed by atoms with Gasteiger partial charge in [-0.15, -0.1) is 0 Å². The minimum Gasteiger partial charge on any atom is -0.381 e. The highest BCUT2D eigenvalue weighted by Gasteiger charge is 2.14. The van der Waals surface area contributed by atoms with Crippen molar-refractivity contribution in [2.75, 3.05) is 30.3 Å². The number of hydrogen-bond donors (Lipinski definition) is 3. The fraction of sp³-hybridized carbons (Fsp3) is 0.500. The Balaban J connectivity index is 1.81. The average Bonchev–Trinajstić information content (AvgIpc) is 2.91. The van der Waals surface area contributed by atoms with Crippen LogP contribution in [-0.4, -0.2) is 36.7 Å². The molecule has 18 heavy (non-hydrogen) atoms. The molecule has 2 heterocycles. The van der Waals surface area contributed by atoms with Gasteiger partial charge in [-0.05, 0) is 25.0 Å². The van der Waals surface area contributed by atoms with Crippen LogP contribution in [0.1, 0.15) is 12.8 Å². The van der Waals surface area contributed by atoms with Crippen molar-refractivity contribution in [2.24, 2.45) is 5.73 Å². The van der Waals surface area contributed by atoms with Gasteiger partial charge in [-0.3, -0.25) is 4.79 Å². The number of aromatic nitrogens is 1. The third-order valence-corrected chi connectivity index (χ3v) is 2.77. The molecule has 0 radical (unpaired) electrons. The van der Waals surface area contributed by atoms with Gasteiger partial charge in [0.15, 0.2) is 0 Å². The Morgan fingerprint density at radius 2 is 2.44 bits per heavy atom. The maximum atomic E-state index is 11.1. The molecule has 6 nitrogen and oxygen atoms in total. The van der Waals surface area contributed by atoms with E-state index >= 15 is 0 Å². The van der Waals surface area contributed by atoms with Crippen LogP contribution < -0.4 is 16.4 Å². The molecule has 1 fully saturated rings. The summed E-state index contributed by atoms with van der Waals surface area (Å²) in [5, 5.41) is 5.84. The first-order chi connectivity index (χ1) is 8.78. The highest BCUT2D eigenvalue weighted by Crippen LogP contribution is 2.14. The number of carbonyl (C=O) groups excluding carboxylic acids is 1. The predicted molar refractivity (Wildman–Crippen MR) is 69.4 cm³/mol. The van der Waals surface area contributed by atoms with E-state index in [-0.39, 0.29) is 12.5 Å². The Morgan fingerprint density at radius 1 is 1.56 bits per heavy atom. The van der Waals surface area contributed by atoms with Gasteiger partial charge in [-0.25, -0.2) is 4.98 Å². The first-order valence-corrected chi connectivity index (χ1v) is 6.09. The Hall–Kier alpha value is -1.66. The van der Waals surface area contributed by atoms with Crippen molar-refractivity contribution in [2.45, 2.75) is 18.9 Å². The lowest BCUT2D eigenvalue weighted by molar-refractivity contribution is -0.114. The molecule has 1 aliphatic heterocycles. The van der Waals surface area contributed by atoms with Gasteiger partial charge in [0.1, 0.15) is 5.82 Å². The van der Waals surface area contributed by atoms with Gasteiger partial charge >= 0.3 is 0 Å². The number of anilines is 2. The molecule has 1 aromatic rings. The van der Waals surface area contributed by atoms with E-state index < -0.39 is 0 Å². The van der Waals surface area contributed by atoms with Crippen molar-refractivity contribution in [1.29, 1.82) is 0 Å². The molecule has 1 amide bonds. The number of nitrogens with zero attached hydrogens (tertiary/aromatic N) is 1. The summed E-state index contributed by atoms with van der Waals surface area (Å²) in [7, 11) is 0. The van der Waals surface area contributed by atoms with Crippen LogP contribution in [0.25, 0.3) is 0 Å². The molecule has 1 aliphatic rings. The summed E-state index contributed by atoms with van der Waals surface area (Å²) in [6.45, 7) is 1.60. The van der Waals surface area contributed by atoms with Crippen LogP contribution in [-0.2, 0) is 9.53 Å². The molecule has 2 rings (SSSR count). The molecule has 0 bridgehead atoms. The lowest BCUT2D eigenvalue weighted by Crippen LogP contribution is -2.22. The van der Waals surface area contributed by atoms with E-state index in [4.69, 9.17) is 10.5 Å². The smallest absolute Gasteiger partial charge is 0.239 e. The van der Waals surface area contributed by atoms with Crippen molar-refractivity contribution in [3.8, 4) is 0 Å². The summed E-state index contributed by atoms with van der Waals surface area (Å²) >= 11 is 0. The maximum absolute atomic E-state index is 11.1. The van der Waals surface area contributed by atoms with Crippen molar-refractivity contribution in [3.63, 3.8) is 0 Å². The number of ether oxygens (including phenoxy) is 1. The monoisotopic (exact) mass is 250 g/mol. The molecule has 0 aliphatic carbocycles. The van der Waals surface area contributed by atoms with Crippen LogP contribution in [0.2, 0.25) is 0 Å². The first kappa shape index (κ1) is 12.8. The quantitative estimate of drug-likeness (QED) is 0.711. The average molecular weight is 250 g/mol. The molecule has 1 saturated heterocycles. The van der Waals surface area contributed by atoms with Gasteiger partial charge in [0.2, 0.25) is 5.91 Å². The summed E-state index contributed by atoms with van der Waals surface area (Å²) in [5.74, 6) is 0.260. The third kappa shape index (κ3) is 3.68. The summed E-state index contributed by atoms with van der Waals surface area (Å²) in [4.78, 5) is 15.2. The second-order valence-electron chi connectivity index (χ2n) is 4.20. The Morgan fingerprint density at radius 3 is 3.06 bits per heavy atom. The predicted octanol–water partition coefficient (Wildman–Crippen LogP) is 0.570. The lowest BCUT2D eigenvalue weighted by atomic mass is 10.2. The molecule has 1 atom stereocenters.